The van der Waals surface area contributed by atoms with E-state index in [0.29, 0.717) is 12.8 Å². The largest absolute Gasteiger partial charge is 0.497 e. The maximum atomic E-state index is 11.5. The summed E-state index contributed by atoms with van der Waals surface area (Å²) in [7, 11) is 1.68. The van der Waals surface area contributed by atoms with Crippen molar-refractivity contribution in [1.29, 1.82) is 0 Å². The molecule has 1 aromatic heterocycles. The number of methoxy groups -OCH3 is 1. The molecule has 27 heavy (non-hydrogen) atoms. The second kappa shape index (κ2) is 7.17. The minimum absolute atomic E-state index is 0.0827. The van der Waals surface area contributed by atoms with Gasteiger partial charge in [-0.3, -0.25) is 9.69 Å². The van der Waals surface area contributed by atoms with Crippen LogP contribution in [0.25, 0.3) is 10.9 Å². The summed E-state index contributed by atoms with van der Waals surface area (Å²) >= 11 is 0. The molecular weight excluding hydrogens is 344 g/mol. The first-order chi connectivity index (χ1) is 13.0. The summed E-state index contributed by atoms with van der Waals surface area (Å²) in [4.78, 5) is 17.5. The Labute approximate surface area is 159 Å². The Morgan fingerprint density at radius 3 is 2.93 bits per heavy atom. The fourth-order valence-corrected chi connectivity index (χ4v) is 4.96. The van der Waals surface area contributed by atoms with Gasteiger partial charge in [0.05, 0.1) is 19.1 Å². The molecule has 4 unspecified atom stereocenters. The maximum absolute atomic E-state index is 11.5. The normalized spacial score (nSPS) is 28.9. The third-order valence-electron chi connectivity index (χ3n) is 6.55. The lowest BCUT2D eigenvalue weighted by Crippen LogP contribution is -2.44. The summed E-state index contributed by atoms with van der Waals surface area (Å²) in [5.74, 6) is -0.0841. The number of fused-ring (bicyclic) bond motifs is 3. The molecular formula is C21H28N2O4. The summed E-state index contributed by atoms with van der Waals surface area (Å²) < 4.78 is 5.33. The molecule has 3 N–H and O–H groups in total. The minimum Gasteiger partial charge on any atom is -0.497 e. The van der Waals surface area contributed by atoms with Crippen molar-refractivity contribution in [2.75, 3.05) is 20.2 Å². The van der Waals surface area contributed by atoms with Crippen molar-refractivity contribution < 1.29 is 19.7 Å². The van der Waals surface area contributed by atoms with E-state index in [4.69, 9.17) is 4.74 Å². The van der Waals surface area contributed by atoms with Crippen molar-refractivity contribution in [2.24, 2.45) is 17.8 Å². The minimum atomic E-state index is -0.781. The third kappa shape index (κ3) is 3.44. The number of aliphatic hydroxyl groups is 1. The number of aromatic nitrogens is 1. The van der Waals surface area contributed by atoms with Crippen LogP contribution in [0.2, 0.25) is 0 Å². The van der Waals surface area contributed by atoms with Crippen LogP contribution in [-0.4, -0.2) is 52.4 Å². The Hall–Kier alpha value is -2.05. The highest BCUT2D eigenvalue weighted by Gasteiger charge is 2.39. The van der Waals surface area contributed by atoms with Gasteiger partial charge < -0.3 is 19.9 Å². The van der Waals surface area contributed by atoms with Gasteiger partial charge in [0, 0.05) is 42.3 Å². The molecule has 1 fully saturated rings. The van der Waals surface area contributed by atoms with E-state index < -0.39 is 18.0 Å². The van der Waals surface area contributed by atoms with E-state index in [1.165, 1.54) is 16.6 Å². The Balaban J connectivity index is 1.50. The monoisotopic (exact) mass is 372 g/mol. The number of hydrogen-bond donors (Lipinski definition) is 3. The van der Waals surface area contributed by atoms with Crippen LogP contribution in [0, 0.1) is 17.8 Å². The van der Waals surface area contributed by atoms with Crippen LogP contribution in [0.4, 0.5) is 0 Å². The molecule has 0 amide bonds. The SMILES string of the molecule is COc1ccc2c3c([nH]c2c1)CN(CC1CC(O)CC(C(=O)O)C1C)CC3. The zero-order chi connectivity index (χ0) is 19.1. The first-order valence-electron chi connectivity index (χ1n) is 9.77. The van der Waals surface area contributed by atoms with Gasteiger partial charge in [0.1, 0.15) is 5.75 Å². The van der Waals surface area contributed by atoms with Crippen LogP contribution in [0.5, 0.6) is 5.75 Å². The fraction of sp³-hybridized carbons (Fsp3) is 0.571. The van der Waals surface area contributed by atoms with E-state index >= 15 is 0 Å². The van der Waals surface area contributed by atoms with Crippen molar-refractivity contribution in [3.63, 3.8) is 0 Å². The standard InChI is InChI=1S/C21H28N2O4/c1-12-13(7-14(24)8-18(12)21(25)26)10-23-6-5-17-16-4-3-15(27-2)9-19(16)22-20(17)11-23/h3-4,9,12-14,18,22,24H,5-8,10-11H2,1-2H3,(H,25,26). The molecule has 0 saturated heterocycles. The number of carboxylic acids is 1. The Morgan fingerprint density at radius 1 is 1.37 bits per heavy atom. The smallest absolute Gasteiger partial charge is 0.306 e. The number of hydrogen-bond acceptors (Lipinski definition) is 4. The van der Waals surface area contributed by atoms with E-state index in [2.05, 4.69) is 16.0 Å². The number of nitrogens with one attached hydrogen (secondary N) is 1. The van der Waals surface area contributed by atoms with Crippen LogP contribution in [0.3, 0.4) is 0 Å². The van der Waals surface area contributed by atoms with Crippen LogP contribution in [0.1, 0.15) is 31.0 Å². The van der Waals surface area contributed by atoms with Crippen LogP contribution in [-0.2, 0) is 17.8 Å². The number of nitrogens with zero attached hydrogens (tertiary/aromatic N) is 1. The van der Waals surface area contributed by atoms with E-state index in [1.807, 2.05) is 19.1 Å². The molecule has 1 saturated carbocycles. The van der Waals surface area contributed by atoms with Crippen molar-refractivity contribution >= 4 is 16.9 Å². The highest BCUT2D eigenvalue weighted by Crippen LogP contribution is 2.37. The molecule has 4 atom stereocenters. The van der Waals surface area contributed by atoms with Gasteiger partial charge in [-0.25, -0.2) is 0 Å². The number of aliphatic carboxylic acids is 1. The van der Waals surface area contributed by atoms with Crippen molar-refractivity contribution in [1.82, 2.24) is 9.88 Å². The average Bonchev–Trinajstić information content (AvgIpc) is 3.00. The quantitative estimate of drug-likeness (QED) is 0.768. The number of carboxylic acid groups (broad SMARTS) is 1. The molecule has 0 radical (unpaired) electrons. The second-order valence-electron chi connectivity index (χ2n) is 8.17. The van der Waals surface area contributed by atoms with Crippen molar-refractivity contribution in [2.45, 2.75) is 38.8 Å². The molecule has 0 spiro atoms. The van der Waals surface area contributed by atoms with Gasteiger partial charge in [0.2, 0.25) is 0 Å². The fourth-order valence-electron chi connectivity index (χ4n) is 4.96. The zero-order valence-electron chi connectivity index (χ0n) is 15.9. The van der Waals surface area contributed by atoms with E-state index in [9.17, 15) is 15.0 Å². The van der Waals surface area contributed by atoms with Gasteiger partial charge in [-0.1, -0.05) is 6.92 Å². The molecule has 1 aromatic carbocycles. The number of carbonyl (C=O) groups is 1. The van der Waals surface area contributed by atoms with Crippen LogP contribution >= 0.6 is 0 Å². The van der Waals surface area contributed by atoms with Gasteiger partial charge in [0.15, 0.2) is 0 Å². The summed E-state index contributed by atoms with van der Waals surface area (Å²) in [5, 5.41) is 20.9. The molecule has 2 aromatic rings. The molecule has 6 nitrogen and oxygen atoms in total. The number of aliphatic hydroxyl groups excluding tert-OH is 1. The van der Waals surface area contributed by atoms with E-state index in [0.717, 1.165) is 37.3 Å². The van der Waals surface area contributed by atoms with E-state index in [-0.39, 0.29) is 11.8 Å². The summed E-state index contributed by atoms with van der Waals surface area (Å²) in [6.45, 7) is 4.66. The van der Waals surface area contributed by atoms with Gasteiger partial charge in [0.25, 0.3) is 0 Å². The Kier molecular flexibility index (Phi) is 4.86. The topological polar surface area (TPSA) is 85.8 Å². The number of ether oxygens (including phenoxy) is 1. The predicted octanol–water partition coefficient (Wildman–Crippen LogP) is 2.64. The lowest BCUT2D eigenvalue weighted by Gasteiger charge is -2.40. The number of rotatable bonds is 4. The Bertz CT molecular complexity index is 846. The highest BCUT2D eigenvalue weighted by molar-refractivity contribution is 5.86. The zero-order valence-corrected chi connectivity index (χ0v) is 15.9. The summed E-state index contributed by atoms with van der Waals surface area (Å²) in [5.41, 5.74) is 3.72. The van der Waals surface area contributed by atoms with Crippen molar-refractivity contribution in [3.8, 4) is 5.75 Å². The van der Waals surface area contributed by atoms with Crippen LogP contribution in [0.15, 0.2) is 18.2 Å². The summed E-state index contributed by atoms with van der Waals surface area (Å²) in [6, 6.07) is 6.16. The number of aromatic amines is 1. The van der Waals surface area contributed by atoms with E-state index in [1.54, 1.807) is 7.11 Å². The van der Waals surface area contributed by atoms with Gasteiger partial charge >= 0.3 is 5.97 Å². The first-order valence-corrected chi connectivity index (χ1v) is 9.77. The molecule has 2 heterocycles. The molecule has 4 rings (SSSR count). The molecule has 1 aliphatic heterocycles. The van der Waals surface area contributed by atoms with Crippen molar-refractivity contribution in [3.05, 3.63) is 29.5 Å². The molecule has 2 aliphatic rings. The lowest BCUT2D eigenvalue weighted by atomic mass is 9.71. The molecule has 6 heteroatoms. The number of H-pyrrole nitrogens is 1. The second-order valence-corrected chi connectivity index (χ2v) is 8.17. The highest BCUT2D eigenvalue weighted by atomic mass is 16.5. The molecule has 0 bridgehead atoms. The third-order valence-corrected chi connectivity index (χ3v) is 6.55. The Morgan fingerprint density at radius 2 is 2.19 bits per heavy atom. The predicted molar refractivity (Wildman–Crippen MR) is 103 cm³/mol. The summed E-state index contributed by atoms with van der Waals surface area (Å²) in [6.07, 6.45) is 1.54. The molecule has 1 aliphatic carbocycles. The number of benzene rings is 1. The molecule has 146 valence electrons. The van der Waals surface area contributed by atoms with Gasteiger partial charge in [-0.15, -0.1) is 0 Å². The first kappa shape index (κ1) is 18.3. The van der Waals surface area contributed by atoms with Gasteiger partial charge in [-0.05, 0) is 48.8 Å². The maximum Gasteiger partial charge on any atom is 0.306 e. The average molecular weight is 372 g/mol. The van der Waals surface area contributed by atoms with Gasteiger partial charge in [-0.2, -0.15) is 0 Å². The lowest BCUT2D eigenvalue weighted by molar-refractivity contribution is -0.148. The van der Waals surface area contributed by atoms with Crippen LogP contribution < -0.4 is 4.74 Å².